The van der Waals surface area contributed by atoms with E-state index in [1.165, 1.54) is 12.1 Å². The number of carbonyl (C=O) groups excluding carboxylic acids is 1. The van der Waals surface area contributed by atoms with Crippen molar-refractivity contribution in [2.75, 3.05) is 17.7 Å². The van der Waals surface area contributed by atoms with Crippen LogP contribution in [-0.2, 0) is 0 Å². The van der Waals surface area contributed by atoms with Crippen LogP contribution < -0.4 is 10.6 Å². The third-order valence-electron chi connectivity index (χ3n) is 2.76. The molecule has 20 heavy (non-hydrogen) atoms. The van der Waals surface area contributed by atoms with Gasteiger partial charge in [-0.2, -0.15) is 0 Å². The maximum Gasteiger partial charge on any atom is 0.282 e. The molecule has 0 bridgehead atoms. The lowest BCUT2D eigenvalue weighted by Gasteiger charge is -2.07. The zero-order valence-electron chi connectivity index (χ0n) is 10.8. The first-order chi connectivity index (χ1) is 9.61. The molecule has 1 amide bonds. The molecule has 0 heterocycles. The van der Waals surface area contributed by atoms with Gasteiger partial charge >= 0.3 is 0 Å². The Balaban J connectivity index is 2.35. The number of para-hydroxylation sites is 1. The van der Waals surface area contributed by atoms with Crippen LogP contribution in [0.4, 0.5) is 17.1 Å². The molecule has 2 aromatic rings. The molecule has 0 unspecified atom stereocenters. The van der Waals surface area contributed by atoms with E-state index in [1.807, 2.05) is 6.07 Å². The highest BCUT2D eigenvalue weighted by Gasteiger charge is 2.20. The van der Waals surface area contributed by atoms with Gasteiger partial charge in [-0.25, -0.2) is 0 Å². The summed E-state index contributed by atoms with van der Waals surface area (Å²) in [7, 11) is 1.68. The van der Waals surface area contributed by atoms with Gasteiger partial charge in [-0.1, -0.05) is 18.2 Å². The first kappa shape index (κ1) is 13.5. The summed E-state index contributed by atoms with van der Waals surface area (Å²) in [5.74, 6) is -0.514. The summed E-state index contributed by atoms with van der Waals surface area (Å²) in [6.45, 7) is 0. The molecule has 102 valence electrons. The Morgan fingerprint density at radius 1 is 1.10 bits per heavy atom. The molecule has 0 radical (unpaired) electrons. The van der Waals surface area contributed by atoms with Crippen LogP contribution in [0.15, 0.2) is 48.5 Å². The summed E-state index contributed by atoms with van der Waals surface area (Å²) >= 11 is 0. The number of hydrogen-bond donors (Lipinski definition) is 2. The van der Waals surface area contributed by atoms with Gasteiger partial charge in [0.1, 0.15) is 5.56 Å². The van der Waals surface area contributed by atoms with Gasteiger partial charge in [-0.3, -0.25) is 14.9 Å². The van der Waals surface area contributed by atoms with E-state index in [9.17, 15) is 14.9 Å². The molecule has 0 atom stereocenters. The van der Waals surface area contributed by atoms with Gasteiger partial charge in [0.25, 0.3) is 11.6 Å². The van der Waals surface area contributed by atoms with E-state index in [2.05, 4.69) is 10.6 Å². The van der Waals surface area contributed by atoms with Crippen molar-refractivity contribution in [1.82, 2.24) is 0 Å². The van der Waals surface area contributed by atoms with Crippen molar-refractivity contribution < 1.29 is 9.72 Å². The average Bonchev–Trinajstić information content (AvgIpc) is 2.47. The summed E-state index contributed by atoms with van der Waals surface area (Å²) in [6.07, 6.45) is 0. The Bertz CT molecular complexity index is 641. The van der Waals surface area contributed by atoms with Crippen LogP contribution in [0, 0.1) is 10.1 Å². The zero-order valence-corrected chi connectivity index (χ0v) is 10.8. The largest absolute Gasteiger partial charge is 0.388 e. The van der Waals surface area contributed by atoms with Crippen LogP contribution in [0.1, 0.15) is 10.4 Å². The Hall–Kier alpha value is -2.89. The number of amides is 1. The molecule has 0 spiro atoms. The van der Waals surface area contributed by atoms with Crippen molar-refractivity contribution in [3.05, 3.63) is 64.2 Å². The molecule has 2 aromatic carbocycles. The Morgan fingerprint density at radius 3 is 2.40 bits per heavy atom. The monoisotopic (exact) mass is 271 g/mol. The second kappa shape index (κ2) is 5.83. The number of nitrogens with one attached hydrogen (secondary N) is 2. The highest BCUT2D eigenvalue weighted by atomic mass is 16.6. The molecule has 6 heteroatoms. The predicted octanol–water partition coefficient (Wildman–Crippen LogP) is 2.89. The van der Waals surface area contributed by atoms with E-state index in [4.69, 9.17) is 0 Å². The highest BCUT2D eigenvalue weighted by Crippen LogP contribution is 2.23. The molecule has 0 aromatic heterocycles. The minimum Gasteiger partial charge on any atom is -0.388 e. The SMILES string of the molecule is CNc1ccc([N+](=O)[O-])c(C(=O)Nc2ccccc2)c1. The topological polar surface area (TPSA) is 84.3 Å². The van der Waals surface area contributed by atoms with Crippen molar-refractivity contribution in [2.24, 2.45) is 0 Å². The van der Waals surface area contributed by atoms with Crippen LogP contribution in [-0.4, -0.2) is 17.9 Å². The second-order valence-electron chi connectivity index (χ2n) is 4.06. The van der Waals surface area contributed by atoms with Crippen molar-refractivity contribution in [3.8, 4) is 0 Å². The first-order valence-corrected chi connectivity index (χ1v) is 5.94. The molecule has 2 rings (SSSR count). The lowest BCUT2D eigenvalue weighted by atomic mass is 10.1. The molecule has 0 aliphatic heterocycles. The fourth-order valence-electron chi connectivity index (χ4n) is 1.75. The van der Waals surface area contributed by atoms with Gasteiger partial charge in [-0.05, 0) is 24.3 Å². The van der Waals surface area contributed by atoms with Gasteiger partial charge in [-0.15, -0.1) is 0 Å². The minimum atomic E-state index is -0.570. The van der Waals surface area contributed by atoms with Crippen LogP contribution in [0.25, 0.3) is 0 Å². The number of nitrogens with zero attached hydrogens (tertiary/aromatic N) is 1. The Morgan fingerprint density at radius 2 is 1.80 bits per heavy atom. The molecule has 0 saturated heterocycles. The van der Waals surface area contributed by atoms with Gasteiger partial charge in [0, 0.05) is 24.5 Å². The zero-order chi connectivity index (χ0) is 14.5. The summed E-state index contributed by atoms with van der Waals surface area (Å²) in [5.41, 5.74) is 1.01. The van der Waals surface area contributed by atoms with Crippen molar-refractivity contribution in [1.29, 1.82) is 0 Å². The molecule has 2 N–H and O–H groups in total. The molecule has 0 aliphatic carbocycles. The van der Waals surface area contributed by atoms with E-state index in [0.717, 1.165) is 0 Å². The lowest BCUT2D eigenvalue weighted by molar-refractivity contribution is -0.385. The Labute approximate surface area is 115 Å². The fourth-order valence-corrected chi connectivity index (χ4v) is 1.75. The van der Waals surface area contributed by atoms with Gasteiger partial charge < -0.3 is 10.6 Å². The third kappa shape index (κ3) is 2.92. The summed E-state index contributed by atoms with van der Waals surface area (Å²) in [5, 5.41) is 16.5. The van der Waals surface area contributed by atoms with Gasteiger partial charge in [0.2, 0.25) is 0 Å². The smallest absolute Gasteiger partial charge is 0.282 e. The number of hydrogen-bond acceptors (Lipinski definition) is 4. The standard InChI is InChI=1S/C14H13N3O3/c1-15-11-7-8-13(17(19)20)12(9-11)14(18)16-10-5-3-2-4-6-10/h2-9,15H,1H3,(H,16,18). The maximum absolute atomic E-state index is 12.2. The van der Waals surface area contributed by atoms with E-state index < -0.39 is 10.8 Å². The minimum absolute atomic E-state index is 0.0192. The van der Waals surface area contributed by atoms with Gasteiger partial charge in [0.15, 0.2) is 0 Å². The van der Waals surface area contributed by atoms with Crippen LogP contribution in [0.5, 0.6) is 0 Å². The lowest BCUT2D eigenvalue weighted by Crippen LogP contribution is -2.14. The highest BCUT2D eigenvalue weighted by molar-refractivity contribution is 6.07. The number of nitro benzene ring substituents is 1. The number of nitro groups is 1. The predicted molar refractivity (Wildman–Crippen MR) is 77.0 cm³/mol. The number of carbonyl (C=O) groups is 1. The van der Waals surface area contributed by atoms with E-state index in [-0.39, 0.29) is 11.3 Å². The van der Waals surface area contributed by atoms with E-state index in [1.54, 1.807) is 37.4 Å². The van der Waals surface area contributed by atoms with Crippen LogP contribution in [0.2, 0.25) is 0 Å². The fraction of sp³-hybridized carbons (Fsp3) is 0.0714. The average molecular weight is 271 g/mol. The summed E-state index contributed by atoms with van der Waals surface area (Å²) < 4.78 is 0. The first-order valence-electron chi connectivity index (χ1n) is 5.94. The number of rotatable bonds is 4. The normalized spacial score (nSPS) is 9.85. The number of anilines is 2. The molecule has 0 aliphatic rings. The number of benzene rings is 2. The molecular formula is C14H13N3O3. The van der Waals surface area contributed by atoms with Crippen LogP contribution in [0.3, 0.4) is 0 Å². The maximum atomic E-state index is 12.2. The Kier molecular flexibility index (Phi) is 3.95. The van der Waals surface area contributed by atoms with Crippen LogP contribution >= 0.6 is 0 Å². The third-order valence-corrected chi connectivity index (χ3v) is 2.76. The summed E-state index contributed by atoms with van der Waals surface area (Å²) in [4.78, 5) is 22.6. The van der Waals surface area contributed by atoms with Gasteiger partial charge in [0.05, 0.1) is 4.92 Å². The molecular weight excluding hydrogens is 258 g/mol. The molecule has 0 fully saturated rings. The van der Waals surface area contributed by atoms with Crippen molar-refractivity contribution >= 4 is 23.0 Å². The summed E-state index contributed by atoms with van der Waals surface area (Å²) in [6, 6.07) is 13.1. The van der Waals surface area contributed by atoms with Crippen molar-refractivity contribution in [2.45, 2.75) is 0 Å². The van der Waals surface area contributed by atoms with E-state index in [0.29, 0.717) is 11.4 Å². The van der Waals surface area contributed by atoms with Crippen molar-refractivity contribution in [3.63, 3.8) is 0 Å². The quantitative estimate of drug-likeness (QED) is 0.661. The van der Waals surface area contributed by atoms with E-state index >= 15 is 0 Å². The molecule has 6 nitrogen and oxygen atoms in total. The second-order valence-corrected chi connectivity index (χ2v) is 4.06. The molecule has 0 saturated carbocycles.